The first-order valence-corrected chi connectivity index (χ1v) is 6.71. The molecule has 0 aliphatic rings. The van der Waals surface area contributed by atoms with Gasteiger partial charge in [-0.1, -0.05) is 23.7 Å². The number of hydrogen-bond donors (Lipinski definition) is 2. The molecule has 0 unspecified atom stereocenters. The highest BCUT2D eigenvalue weighted by Crippen LogP contribution is 2.19. The Balaban J connectivity index is 2.15. The minimum Gasteiger partial charge on any atom is -0.507 e. The number of nitrogens with one attached hydrogen (secondary N) is 1. The van der Waals surface area contributed by atoms with E-state index in [2.05, 4.69) is 10.1 Å². The van der Waals surface area contributed by atoms with Crippen LogP contribution in [-0.2, 0) is 0 Å². The lowest BCUT2D eigenvalue weighted by Gasteiger charge is -2.01. The van der Waals surface area contributed by atoms with E-state index in [0.717, 1.165) is 0 Å². The number of hydrogen-bond acceptors (Lipinski definition) is 4. The number of aromatic nitrogens is 2. The minimum absolute atomic E-state index is 0.0570. The van der Waals surface area contributed by atoms with E-state index in [1.54, 1.807) is 24.3 Å². The summed E-state index contributed by atoms with van der Waals surface area (Å²) >= 11 is 5.83. The second-order valence-corrected chi connectivity index (χ2v) is 4.98. The molecule has 0 aliphatic heterocycles. The summed E-state index contributed by atoms with van der Waals surface area (Å²) in [5.74, 6) is -0.0570. The van der Waals surface area contributed by atoms with Crippen LogP contribution < -0.4 is 11.2 Å². The highest BCUT2D eigenvalue weighted by molar-refractivity contribution is 6.30. The van der Waals surface area contributed by atoms with Crippen LogP contribution in [0.25, 0.3) is 10.9 Å². The fourth-order valence-corrected chi connectivity index (χ4v) is 2.19. The van der Waals surface area contributed by atoms with Crippen LogP contribution >= 0.6 is 11.6 Å². The Kier molecular flexibility index (Phi) is 3.52. The van der Waals surface area contributed by atoms with Crippen molar-refractivity contribution in [1.82, 2.24) is 9.66 Å². The number of phenolic OH excluding ortho intramolecular Hbond substituents is 1. The fraction of sp³-hybridized carbons (Fsp3) is 0. The Hall–Kier alpha value is -2.86. The van der Waals surface area contributed by atoms with Gasteiger partial charge in [-0.25, -0.2) is 4.79 Å². The number of benzene rings is 2. The molecule has 0 atom stereocenters. The van der Waals surface area contributed by atoms with E-state index in [0.29, 0.717) is 26.2 Å². The predicted molar refractivity (Wildman–Crippen MR) is 84.9 cm³/mol. The molecule has 3 aromatic rings. The van der Waals surface area contributed by atoms with E-state index in [1.165, 1.54) is 24.4 Å². The Morgan fingerprint density at radius 2 is 1.95 bits per heavy atom. The fourth-order valence-electron chi connectivity index (χ4n) is 2.01. The largest absolute Gasteiger partial charge is 0.507 e. The first-order valence-electron chi connectivity index (χ1n) is 6.33. The molecule has 1 heterocycles. The van der Waals surface area contributed by atoms with Crippen LogP contribution in [0.15, 0.2) is 57.2 Å². The van der Waals surface area contributed by atoms with E-state index in [4.69, 9.17) is 11.6 Å². The van der Waals surface area contributed by atoms with Crippen LogP contribution in [0.5, 0.6) is 5.75 Å². The number of fused-ring (bicyclic) bond motifs is 1. The molecular weight excluding hydrogens is 306 g/mol. The molecule has 0 amide bonds. The molecule has 2 N–H and O–H groups in total. The van der Waals surface area contributed by atoms with Crippen molar-refractivity contribution >= 4 is 28.7 Å². The van der Waals surface area contributed by atoms with Crippen molar-refractivity contribution in [2.24, 2.45) is 5.10 Å². The summed E-state index contributed by atoms with van der Waals surface area (Å²) in [6, 6.07) is 11.0. The van der Waals surface area contributed by atoms with E-state index in [9.17, 15) is 14.7 Å². The molecule has 0 bridgehead atoms. The zero-order valence-corrected chi connectivity index (χ0v) is 11.9. The third-order valence-corrected chi connectivity index (χ3v) is 3.32. The maximum absolute atomic E-state index is 12.3. The summed E-state index contributed by atoms with van der Waals surface area (Å²) in [5.41, 5.74) is -0.472. The lowest BCUT2D eigenvalue weighted by atomic mass is 10.2. The summed E-state index contributed by atoms with van der Waals surface area (Å²) in [7, 11) is 0. The molecule has 0 saturated carbocycles. The van der Waals surface area contributed by atoms with Crippen molar-refractivity contribution < 1.29 is 5.11 Å². The van der Waals surface area contributed by atoms with Gasteiger partial charge < -0.3 is 10.1 Å². The highest BCUT2D eigenvalue weighted by Gasteiger charge is 2.06. The van der Waals surface area contributed by atoms with Crippen molar-refractivity contribution in [3.63, 3.8) is 0 Å². The van der Waals surface area contributed by atoms with Gasteiger partial charge in [-0.15, -0.1) is 4.68 Å². The number of phenols is 1. The average Bonchev–Trinajstić information content (AvgIpc) is 2.50. The molecule has 0 fully saturated rings. The molecule has 22 heavy (non-hydrogen) atoms. The molecule has 110 valence electrons. The third-order valence-electron chi connectivity index (χ3n) is 3.09. The van der Waals surface area contributed by atoms with E-state index >= 15 is 0 Å². The maximum atomic E-state index is 12.3. The smallest absolute Gasteiger partial charge is 0.349 e. The number of H-pyrrole nitrogens is 1. The quantitative estimate of drug-likeness (QED) is 0.708. The van der Waals surface area contributed by atoms with Crippen LogP contribution in [0.1, 0.15) is 5.56 Å². The molecule has 2 aromatic carbocycles. The zero-order valence-electron chi connectivity index (χ0n) is 11.2. The van der Waals surface area contributed by atoms with Gasteiger partial charge in [-0.05, 0) is 30.3 Å². The van der Waals surface area contributed by atoms with Crippen LogP contribution in [-0.4, -0.2) is 21.0 Å². The third kappa shape index (κ3) is 2.51. The molecule has 0 aliphatic carbocycles. The number of nitrogens with zero attached hydrogens (tertiary/aromatic N) is 2. The van der Waals surface area contributed by atoms with Gasteiger partial charge in [0.15, 0.2) is 0 Å². The first-order chi connectivity index (χ1) is 10.6. The minimum atomic E-state index is -0.665. The zero-order chi connectivity index (χ0) is 15.7. The Morgan fingerprint density at radius 1 is 1.18 bits per heavy atom. The van der Waals surface area contributed by atoms with Gasteiger partial charge >= 0.3 is 5.69 Å². The number of para-hydroxylation sites is 1. The van der Waals surface area contributed by atoms with Gasteiger partial charge in [0.1, 0.15) is 5.75 Å². The molecule has 0 saturated heterocycles. The van der Waals surface area contributed by atoms with Crippen LogP contribution in [0, 0.1) is 0 Å². The van der Waals surface area contributed by atoms with Crippen molar-refractivity contribution in [2.45, 2.75) is 0 Å². The summed E-state index contributed by atoms with van der Waals surface area (Å²) in [6.45, 7) is 0. The molecule has 3 rings (SSSR count). The monoisotopic (exact) mass is 315 g/mol. The number of aromatic hydroxyl groups is 1. The molecule has 7 heteroatoms. The van der Waals surface area contributed by atoms with Crippen molar-refractivity contribution in [3.05, 3.63) is 73.9 Å². The van der Waals surface area contributed by atoms with E-state index < -0.39 is 11.2 Å². The van der Waals surface area contributed by atoms with Gasteiger partial charge in [-0.3, -0.25) is 4.79 Å². The Bertz CT molecular complexity index is 1000. The Morgan fingerprint density at radius 3 is 2.77 bits per heavy atom. The maximum Gasteiger partial charge on any atom is 0.349 e. The summed E-state index contributed by atoms with van der Waals surface area (Å²) in [5, 5.41) is 14.3. The van der Waals surface area contributed by atoms with Gasteiger partial charge in [0.2, 0.25) is 0 Å². The van der Waals surface area contributed by atoms with Crippen molar-refractivity contribution in [1.29, 1.82) is 0 Å². The van der Waals surface area contributed by atoms with Crippen molar-refractivity contribution in [2.75, 3.05) is 0 Å². The number of rotatable bonds is 2. The molecule has 6 nitrogen and oxygen atoms in total. The topological polar surface area (TPSA) is 87.5 Å². The molecular formula is C15H10ClN3O3. The van der Waals surface area contributed by atoms with Crippen LogP contribution in [0.2, 0.25) is 5.02 Å². The number of aromatic amines is 1. The normalized spacial score (nSPS) is 11.3. The lowest BCUT2D eigenvalue weighted by molar-refractivity contribution is 0.474. The summed E-state index contributed by atoms with van der Waals surface area (Å²) in [4.78, 5) is 26.8. The predicted octanol–water partition coefficient (Wildman–Crippen LogP) is 1.93. The molecule has 1 aromatic heterocycles. The van der Waals surface area contributed by atoms with Crippen molar-refractivity contribution in [3.8, 4) is 5.75 Å². The summed E-state index contributed by atoms with van der Waals surface area (Å²) < 4.78 is 0.697. The van der Waals surface area contributed by atoms with Gasteiger partial charge in [0, 0.05) is 10.6 Å². The molecule has 0 spiro atoms. The van der Waals surface area contributed by atoms with E-state index in [-0.39, 0.29) is 5.75 Å². The average molecular weight is 316 g/mol. The summed E-state index contributed by atoms with van der Waals surface area (Å²) in [6.07, 6.45) is 1.20. The molecule has 0 radical (unpaired) electrons. The SMILES string of the molecule is O=c1[nH]c2ccccc2c(=O)n1N=Cc1cc(Cl)ccc1O. The first kappa shape index (κ1) is 14.1. The second-order valence-electron chi connectivity index (χ2n) is 4.54. The highest BCUT2D eigenvalue weighted by atomic mass is 35.5. The van der Waals surface area contributed by atoms with Gasteiger partial charge in [0.05, 0.1) is 17.1 Å². The lowest BCUT2D eigenvalue weighted by Crippen LogP contribution is -2.32. The standard InChI is InChI=1S/C15H10ClN3O3/c16-10-5-6-13(20)9(7-10)8-17-19-14(21)11-3-1-2-4-12(11)18-15(19)22/h1-8,20H,(H,18,22). The second kappa shape index (κ2) is 5.50. The van der Waals surface area contributed by atoms with E-state index in [1.807, 2.05) is 0 Å². The van der Waals surface area contributed by atoms with Crippen LogP contribution in [0.4, 0.5) is 0 Å². The Labute approximate surface area is 128 Å². The van der Waals surface area contributed by atoms with Gasteiger partial charge in [-0.2, -0.15) is 5.10 Å². The number of halogens is 1. The van der Waals surface area contributed by atoms with Crippen LogP contribution in [0.3, 0.4) is 0 Å². The van der Waals surface area contributed by atoms with Gasteiger partial charge in [0.25, 0.3) is 5.56 Å².